The molecule has 0 saturated heterocycles. The number of fused-ring (bicyclic) bond motifs is 3. The van der Waals surface area contributed by atoms with Crippen molar-refractivity contribution in [2.45, 2.75) is 30.0 Å². The van der Waals surface area contributed by atoms with Crippen molar-refractivity contribution in [2.24, 2.45) is 34.5 Å². The molecule has 202 valence electrons. The van der Waals surface area contributed by atoms with Gasteiger partial charge in [-0.1, -0.05) is 0 Å². The van der Waals surface area contributed by atoms with Crippen LogP contribution in [0.4, 0.5) is 0 Å². The number of ketones is 4. The maximum Gasteiger partial charge on any atom is 0.235 e. The lowest BCUT2D eigenvalue weighted by atomic mass is 9.42. The number of amides is 1. The molecule has 6 atom stereocenters. The molecular formula is C26H24ClN5O7. The zero-order chi connectivity index (χ0) is 28.8. The molecule has 1 aromatic heterocycles. The molecule has 0 aliphatic heterocycles. The first kappa shape index (κ1) is 26.7. The van der Waals surface area contributed by atoms with Crippen LogP contribution in [-0.4, -0.2) is 70.3 Å². The first-order chi connectivity index (χ1) is 18.2. The highest BCUT2D eigenvalue weighted by molar-refractivity contribution is 6.33. The van der Waals surface area contributed by atoms with E-state index in [2.05, 4.69) is 0 Å². The smallest absolute Gasteiger partial charge is 0.235 e. The molecule has 12 nitrogen and oxygen atoms in total. The number of phenolic OH excluding ortho intramolecular Hbond substituents is 1. The lowest BCUT2D eigenvalue weighted by Crippen LogP contribution is -2.85. The van der Waals surface area contributed by atoms with Crippen LogP contribution >= 0.6 is 11.6 Å². The number of aromatic hydroxyl groups is 1. The summed E-state index contributed by atoms with van der Waals surface area (Å²) in [5.74, 6) is -9.96. The second-order valence-electron chi connectivity index (χ2n) is 10.7. The minimum Gasteiger partial charge on any atom is -0.507 e. The van der Waals surface area contributed by atoms with E-state index >= 15 is 0 Å². The fraction of sp³-hybridized carbons (Fsp3) is 0.385. The molecule has 1 heterocycles. The number of hydrogen-bond acceptors (Lipinski definition) is 11. The zero-order valence-electron chi connectivity index (χ0n) is 20.9. The molecule has 1 amide bonds. The number of likely N-dealkylation sites (N-methyl/N-ethyl adjacent to an activating group) is 1. The van der Waals surface area contributed by atoms with Crippen molar-refractivity contribution in [2.75, 3.05) is 14.1 Å². The number of carbonyl (C=O) groups excluding carboxylic acids is 5. The molecule has 13 heteroatoms. The summed E-state index contributed by atoms with van der Waals surface area (Å²) in [5, 5.41) is 21.1. The summed E-state index contributed by atoms with van der Waals surface area (Å²) in [7, 11) is 2.87. The Morgan fingerprint density at radius 2 is 1.82 bits per heavy atom. The molecule has 0 spiro atoms. The highest BCUT2D eigenvalue weighted by atomic mass is 35.5. The Morgan fingerprint density at radius 3 is 2.36 bits per heavy atom. The summed E-state index contributed by atoms with van der Waals surface area (Å²) < 4.78 is 5.51. The number of primary amides is 1. The molecule has 2 saturated carbocycles. The van der Waals surface area contributed by atoms with Crippen molar-refractivity contribution >= 4 is 40.6 Å². The van der Waals surface area contributed by atoms with Crippen molar-refractivity contribution in [1.29, 1.82) is 5.26 Å². The van der Waals surface area contributed by atoms with Crippen LogP contribution in [0.1, 0.15) is 22.3 Å². The highest BCUT2D eigenvalue weighted by Gasteiger charge is 2.78. The van der Waals surface area contributed by atoms with Crippen molar-refractivity contribution < 1.29 is 33.5 Å². The molecule has 0 bridgehead atoms. The van der Waals surface area contributed by atoms with Gasteiger partial charge < -0.3 is 26.7 Å². The van der Waals surface area contributed by atoms with Crippen molar-refractivity contribution in [3.63, 3.8) is 0 Å². The number of Topliss-reactive ketones (excluding diaryl/α,β-unsaturated/α-hetero) is 4. The van der Waals surface area contributed by atoms with Gasteiger partial charge in [0.25, 0.3) is 0 Å². The number of phenols is 1. The topological polar surface area (TPSA) is 224 Å². The Kier molecular flexibility index (Phi) is 5.69. The zero-order valence-corrected chi connectivity index (χ0v) is 21.6. The van der Waals surface area contributed by atoms with Gasteiger partial charge in [0.2, 0.25) is 5.91 Å². The van der Waals surface area contributed by atoms with Gasteiger partial charge >= 0.3 is 0 Å². The van der Waals surface area contributed by atoms with Gasteiger partial charge in [-0.25, -0.2) is 0 Å². The van der Waals surface area contributed by atoms with Gasteiger partial charge in [0.05, 0.1) is 23.2 Å². The second kappa shape index (κ2) is 8.30. The summed E-state index contributed by atoms with van der Waals surface area (Å²) >= 11 is 5.94. The van der Waals surface area contributed by atoms with Gasteiger partial charge in [-0.05, 0) is 68.4 Å². The minimum atomic E-state index is -2.79. The van der Waals surface area contributed by atoms with E-state index in [0.717, 1.165) is 0 Å². The van der Waals surface area contributed by atoms with E-state index in [4.69, 9.17) is 33.2 Å². The van der Waals surface area contributed by atoms with Crippen molar-refractivity contribution in [3.8, 4) is 23.1 Å². The van der Waals surface area contributed by atoms with E-state index in [1.807, 2.05) is 0 Å². The van der Waals surface area contributed by atoms with Gasteiger partial charge in [-0.3, -0.25) is 28.9 Å². The highest BCUT2D eigenvalue weighted by Crippen LogP contribution is 2.57. The van der Waals surface area contributed by atoms with Gasteiger partial charge in [0.1, 0.15) is 17.4 Å². The predicted molar refractivity (Wildman–Crippen MR) is 134 cm³/mol. The summed E-state index contributed by atoms with van der Waals surface area (Å²) in [6.07, 6.45) is -0.719. The number of nitriles is 1. The largest absolute Gasteiger partial charge is 0.507 e. The number of nitrogens with zero attached hydrogens (tertiary/aromatic N) is 2. The standard InChI is InChI=1S/C26H24ClN5O7/c1-32(2)20-19(35)16(23(29)38)21(36)25(9-28)22(37)17-18(34)15-11(7-24(17,30)8-26(20,25)31)10(3-4-12(15)33)13-5-6-14(27)39-13/h3-6,16-17,20,33H,7-8,30-31H2,1-2H3,(H2,29,38)/t16?,17?,20-,24-,25+,26-/m1/s1. The average molecular weight is 554 g/mol. The normalized spacial score (nSPS) is 33.8. The fourth-order valence-corrected chi connectivity index (χ4v) is 7.04. The summed E-state index contributed by atoms with van der Waals surface area (Å²) in [6.45, 7) is 0. The minimum absolute atomic E-state index is 0.0684. The molecule has 0 radical (unpaired) electrons. The summed E-state index contributed by atoms with van der Waals surface area (Å²) in [5.41, 5.74) is 12.5. The third kappa shape index (κ3) is 3.18. The molecule has 7 N–H and O–H groups in total. The molecule has 1 aromatic carbocycles. The maximum atomic E-state index is 14.3. The van der Waals surface area contributed by atoms with Gasteiger partial charge in [0.15, 0.2) is 39.7 Å². The molecule has 2 aromatic rings. The third-order valence-electron chi connectivity index (χ3n) is 8.31. The van der Waals surface area contributed by atoms with E-state index in [0.29, 0.717) is 5.56 Å². The monoisotopic (exact) mass is 553 g/mol. The Morgan fingerprint density at radius 1 is 1.15 bits per heavy atom. The second-order valence-corrected chi connectivity index (χ2v) is 11.1. The molecule has 2 unspecified atom stereocenters. The number of furan rings is 1. The van der Waals surface area contributed by atoms with Crippen LogP contribution in [0.2, 0.25) is 5.22 Å². The van der Waals surface area contributed by atoms with Crippen LogP contribution < -0.4 is 17.2 Å². The van der Waals surface area contributed by atoms with Crippen LogP contribution in [0, 0.1) is 28.6 Å². The van der Waals surface area contributed by atoms with Gasteiger partial charge in [-0.2, -0.15) is 5.26 Å². The van der Waals surface area contributed by atoms with E-state index in [1.54, 1.807) is 12.1 Å². The number of hydrogen-bond donors (Lipinski definition) is 4. The van der Waals surface area contributed by atoms with E-state index in [1.165, 1.54) is 37.2 Å². The first-order valence-electron chi connectivity index (χ1n) is 11.9. The van der Waals surface area contributed by atoms with Crippen LogP contribution in [0.3, 0.4) is 0 Å². The average Bonchev–Trinajstić information content (AvgIpc) is 3.23. The Bertz CT molecular complexity index is 1560. The molecular weight excluding hydrogens is 530 g/mol. The van der Waals surface area contributed by atoms with Crippen molar-refractivity contribution in [1.82, 2.24) is 4.90 Å². The molecule has 3 aliphatic carbocycles. The Balaban J connectivity index is 1.78. The fourth-order valence-electron chi connectivity index (χ4n) is 6.90. The maximum absolute atomic E-state index is 14.3. The van der Waals surface area contributed by atoms with E-state index in [9.17, 15) is 34.3 Å². The Hall–Kier alpha value is -3.89. The predicted octanol–water partition coefficient (Wildman–Crippen LogP) is -0.278. The Labute approximate surface area is 226 Å². The van der Waals surface area contributed by atoms with Crippen LogP contribution in [0.15, 0.2) is 28.7 Å². The summed E-state index contributed by atoms with van der Waals surface area (Å²) in [4.78, 5) is 68.9. The lowest BCUT2D eigenvalue weighted by molar-refractivity contribution is -0.166. The quantitative estimate of drug-likeness (QED) is 0.361. The third-order valence-corrected chi connectivity index (χ3v) is 8.52. The molecule has 2 fully saturated rings. The summed E-state index contributed by atoms with van der Waals surface area (Å²) in [6, 6.07) is 5.96. The van der Waals surface area contributed by atoms with E-state index < -0.39 is 75.6 Å². The van der Waals surface area contributed by atoms with Crippen molar-refractivity contribution in [3.05, 3.63) is 40.6 Å². The van der Waals surface area contributed by atoms with Crippen LogP contribution in [-0.2, 0) is 25.6 Å². The van der Waals surface area contributed by atoms with Crippen LogP contribution in [0.5, 0.6) is 5.75 Å². The number of nitrogens with two attached hydrogens (primary N) is 3. The first-order valence-corrected chi connectivity index (χ1v) is 12.3. The van der Waals surface area contributed by atoms with Gasteiger partial charge in [0, 0.05) is 11.1 Å². The molecule has 39 heavy (non-hydrogen) atoms. The van der Waals surface area contributed by atoms with Crippen LogP contribution in [0.25, 0.3) is 11.3 Å². The van der Waals surface area contributed by atoms with E-state index in [-0.39, 0.29) is 28.5 Å². The number of benzene rings is 1. The van der Waals surface area contributed by atoms with Gasteiger partial charge in [-0.15, -0.1) is 0 Å². The molecule has 5 rings (SSSR count). The molecule has 3 aliphatic rings. The number of carbonyl (C=O) groups is 5. The number of halogens is 1. The SMILES string of the molecule is CN(C)[C@@H]1C(=O)C(C(N)=O)C(=O)[C@@]2(C#N)C(=O)C3C(=O)c4c(O)ccc(-c5ccc(Cl)o5)c4C[C@@]3(N)C[C@@]12N. The lowest BCUT2D eigenvalue weighted by Gasteiger charge is -2.60. The number of rotatable bonds is 3.